The Balaban J connectivity index is 1.94. The van der Waals surface area contributed by atoms with Crippen LogP contribution in [0.2, 0.25) is 0 Å². The quantitative estimate of drug-likeness (QED) is 0.393. The minimum absolute atomic E-state index is 0.00405. The van der Waals surface area contributed by atoms with Crippen LogP contribution >= 0.6 is 0 Å². The van der Waals surface area contributed by atoms with Crippen molar-refractivity contribution in [3.05, 3.63) is 35.5 Å². The van der Waals surface area contributed by atoms with E-state index in [1.807, 2.05) is 6.08 Å². The fourth-order valence-corrected chi connectivity index (χ4v) is 3.60. The number of hydrogen-bond acceptors (Lipinski definition) is 7. The molecule has 3 unspecified atom stereocenters. The third-order valence-electron chi connectivity index (χ3n) is 5.21. The van der Waals surface area contributed by atoms with Gasteiger partial charge in [-0.3, -0.25) is 4.90 Å². The van der Waals surface area contributed by atoms with Crippen LogP contribution in [0.15, 0.2) is 35.5 Å². The molecule has 3 heterocycles. The Kier molecular flexibility index (Phi) is 4.81. The zero-order chi connectivity index (χ0) is 18.2. The van der Waals surface area contributed by atoms with E-state index in [1.54, 1.807) is 13.0 Å². The maximum Gasteiger partial charge on any atom is 0.345 e. The van der Waals surface area contributed by atoms with E-state index in [1.165, 1.54) is 0 Å². The summed E-state index contributed by atoms with van der Waals surface area (Å²) in [5.74, 6) is -1.45. The Morgan fingerprint density at radius 2 is 2.24 bits per heavy atom. The third kappa shape index (κ3) is 3.03. The van der Waals surface area contributed by atoms with Gasteiger partial charge in [0.1, 0.15) is 12.7 Å². The number of esters is 2. The first-order chi connectivity index (χ1) is 11.9. The number of aliphatic hydroxyl groups excluding tert-OH is 1. The SMILES string of the molecule is C=C1CC(=CC)C(=O)OC2CCN3CC=C(COC(=O)C1(O)CO)C23. The number of aliphatic hydroxyl groups is 2. The summed E-state index contributed by atoms with van der Waals surface area (Å²) in [6.45, 7) is 5.98. The number of allylic oxidation sites excluding steroid dienone is 1. The Morgan fingerprint density at radius 3 is 2.92 bits per heavy atom. The van der Waals surface area contributed by atoms with Crippen LogP contribution in [0.4, 0.5) is 0 Å². The molecule has 136 valence electrons. The summed E-state index contributed by atoms with van der Waals surface area (Å²) in [7, 11) is 0. The minimum Gasteiger partial charge on any atom is -0.459 e. The fourth-order valence-electron chi connectivity index (χ4n) is 3.60. The zero-order valence-corrected chi connectivity index (χ0v) is 14.2. The molecular weight excluding hydrogens is 326 g/mol. The maximum atomic E-state index is 12.5. The third-order valence-corrected chi connectivity index (χ3v) is 5.21. The van der Waals surface area contributed by atoms with Gasteiger partial charge in [0.15, 0.2) is 0 Å². The van der Waals surface area contributed by atoms with Crippen molar-refractivity contribution in [2.75, 3.05) is 26.3 Å². The lowest BCUT2D eigenvalue weighted by atomic mass is 9.90. The standard InChI is InChI=1S/C18H23NO6/c1-3-12-8-11(2)18(23,10-20)17(22)24-9-13-4-6-19-7-5-14(15(13)19)25-16(12)21/h3-4,14-15,20,23H,2,5-10H2,1H3. The summed E-state index contributed by atoms with van der Waals surface area (Å²) < 4.78 is 11.0. The maximum absolute atomic E-state index is 12.5. The van der Waals surface area contributed by atoms with E-state index in [0.29, 0.717) is 6.54 Å². The summed E-state index contributed by atoms with van der Waals surface area (Å²) in [5, 5.41) is 20.1. The van der Waals surface area contributed by atoms with Crippen molar-refractivity contribution in [1.82, 2.24) is 4.90 Å². The van der Waals surface area contributed by atoms with Gasteiger partial charge in [0.05, 0.1) is 12.6 Å². The molecule has 2 N–H and O–H groups in total. The van der Waals surface area contributed by atoms with Crippen molar-refractivity contribution in [2.24, 2.45) is 0 Å². The van der Waals surface area contributed by atoms with Crippen LogP contribution in [0.3, 0.4) is 0 Å². The summed E-state index contributed by atoms with van der Waals surface area (Å²) in [5.41, 5.74) is -1.12. The van der Waals surface area contributed by atoms with E-state index in [-0.39, 0.29) is 36.3 Å². The molecule has 3 rings (SSSR count). The fraction of sp³-hybridized carbons (Fsp3) is 0.556. The molecule has 2 saturated heterocycles. The van der Waals surface area contributed by atoms with Crippen LogP contribution in [-0.2, 0) is 19.1 Å². The molecule has 0 aliphatic carbocycles. The summed E-state index contributed by atoms with van der Waals surface area (Å²) in [6, 6.07) is -0.111. The largest absolute Gasteiger partial charge is 0.459 e. The molecule has 2 fully saturated rings. The van der Waals surface area contributed by atoms with Crippen molar-refractivity contribution in [1.29, 1.82) is 0 Å². The van der Waals surface area contributed by atoms with Crippen molar-refractivity contribution in [3.8, 4) is 0 Å². The number of ether oxygens (including phenoxy) is 2. The number of carbonyl (C=O) groups is 2. The molecule has 3 aliphatic heterocycles. The molecule has 3 atom stereocenters. The van der Waals surface area contributed by atoms with Crippen molar-refractivity contribution in [3.63, 3.8) is 0 Å². The second-order valence-corrected chi connectivity index (χ2v) is 6.64. The molecule has 0 spiro atoms. The molecule has 0 radical (unpaired) electrons. The highest BCUT2D eigenvalue weighted by Crippen LogP contribution is 2.33. The van der Waals surface area contributed by atoms with Gasteiger partial charge < -0.3 is 19.7 Å². The van der Waals surface area contributed by atoms with E-state index < -0.39 is 24.1 Å². The lowest BCUT2D eigenvalue weighted by Crippen LogP contribution is -2.46. The van der Waals surface area contributed by atoms with Gasteiger partial charge in [-0.1, -0.05) is 18.7 Å². The molecule has 0 aromatic rings. The van der Waals surface area contributed by atoms with Crippen LogP contribution in [0.5, 0.6) is 0 Å². The van der Waals surface area contributed by atoms with E-state index in [2.05, 4.69) is 11.5 Å². The average Bonchev–Trinajstić information content (AvgIpc) is 3.18. The Morgan fingerprint density at radius 1 is 1.48 bits per heavy atom. The molecule has 0 amide bonds. The van der Waals surface area contributed by atoms with Gasteiger partial charge in [0.2, 0.25) is 5.60 Å². The molecule has 0 saturated carbocycles. The molecule has 0 aromatic carbocycles. The van der Waals surface area contributed by atoms with Crippen molar-refractivity contribution >= 4 is 11.9 Å². The van der Waals surface area contributed by atoms with E-state index >= 15 is 0 Å². The second-order valence-electron chi connectivity index (χ2n) is 6.64. The highest BCUT2D eigenvalue weighted by atomic mass is 16.6. The van der Waals surface area contributed by atoms with E-state index in [0.717, 1.165) is 18.5 Å². The molecular formula is C18H23NO6. The summed E-state index contributed by atoms with van der Waals surface area (Å²) in [6.07, 6.45) is 3.87. The molecule has 25 heavy (non-hydrogen) atoms. The van der Waals surface area contributed by atoms with E-state index in [9.17, 15) is 19.8 Å². The normalized spacial score (nSPS) is 35.6. The number of nitrogens with zero attached hydrogens (tertiary/aromatic N) is 1. The Labute approximate surface area is 146 Å². The first-order valence-electron chi connectivity index (χ1n) is 8.38. The molecule has 7 heteroatoms. The lowest BCUT2D eigenvalue weighted by Gasteiger charge is -2.29. The topological polar surface area (TPSA) is 96.3 Å². The van der Waals surface area contributed by atoms with Crippen LogP contribution in [0.1, 0.15) is 19.8 Å². The van der Waals surface area contributed by atoms with Crippen LogP contribution in [-0.4, -0.2) is 71.1 Å². The predicted molar refractivity (Wildman–Crippen MR) is 88.4 cm³/mol. The van der Waals surface area contributed by atoms with Gasteiger partial charge in [-0.05, 0) is 24.5 Å². The monoisotopic (exact) mass is 349 g/mol. The van der Waals surface area contributed by atoms with Crippen LogP contribution in [0, 0.1) is 0 Å². The van der Waals surface area contributed by atoms with E-state index in [4.69, 9.17) is 9.47 Å². The second kappa shape index (κ2) is 6.74. The summed E-state index contributed by atoms with van der Waals surface area (Å²) >= 11 is 0. The van der Waals surface area contributed by atoms with Gasteiger partial charge >= 0.3 is 11.9 Å². The van der Waals surface area contributed by atoms with Gasteiger partial charge in [-0.15, -0.1) is 0 Å². The molecule has 3 aliphatic rings. The van der Waals surface area contributed by atoms with Crippen LogP contribution in [0.25, 0.3) is 0 Å². The molecule has 7 nitrogen and oxygen atoms in total. The first kappa shape index (κ1) is 17.8. The highest BCUT2D eigenvalue weighted by molar-refractivity contribution is 5.90. The van der Waals surface area contributed by atoms with Gasteiger partial charge in [-0.2, -0.15) is 0 Å². The average molecular weight is 349 g/mol. The lowest BCUT2D eigenvalue weighted by molar-refractivity contribution is -0.164. The Bertz CT molecular complexity index is 666. The number of rotatable bonds is 1. The van der Waals surface area contributed by atoms with Gasteiger partial charge in [0.25, 0.3) is 0 Å². The molecule has 0 bridgehead atoms. The van der Waals surface area contributed by atoms with Crippen LogP contribution < -0.4 is 0 Å². The van der Waals surface area contributed by atoms with Gasteiger partial charge in [-0.25, -0.2) is 9.59 Å². The number of cyclic esters (lactones) is 1. The minimum atomic E-state index is -2.25. The van der Waals surface area contributed by atoms with Crippen molar-refractivity contribution < 1.29 is 29.3 Å². The van der Waals surface area contributed by atoms with Crippen molar-refractivity contribution in [2.45, 2.75) is 37.5 Å². The summed E-state index contributed by atoms with van der Waals surface area (Å²) in [4.78, 5) is 27.1. The Hall–Kier alpha value is -1.96. The number of hydrogen-bond donors (Lipinski definition) is 2. The molecule has 0 aromatic heterocycles. The van der Waals surface area contributed by atoms with Gasteiger partial charge in [0, 0.05) is 25.1 Å². The smallest absolute Gasteiger partial charge is 0.345 e. The highest BCUT2D eigenvalue weighted by Gasteiger charge is 2.45. The zero-order valence-electron chi connectivity index (χ0n) is 14.2. The number of carbonyl (C=O) groups excluding carboxylic acids is 2. The first-order valence-corrected chi connectivity index (χ1v) is 8.38. The predicted octanol–water partition coefficient (Wildman–Crippen LogP) is 0.0853.